The maximum Gasteiger partial charge on any atom is 0.278 e. The van der Waals surface area contributed by atoms with Gasteiger partial charge in [0.15, 0.2) is 11.5 Å². The van der Waals surface area contributed by atoms with Crippen LogP contribution in [0.4, 0.5) is 11.6 Å². The molecule has 9 heteroatoms. The summed E-state index contributed by atoms with van der Waals surface area (Å²) < 4.78 is 3.26. The van der Waals surface area contributed by atoms with Crippen molar-refractivity contribution in [3.63, 3.8) is 0 Å². The smallest absolute Gasteiger partial charge is 0.278 e. The lowest BCUT2D eigenvalue weighted by Crippen LogP contribution is -2.24. The van der Waals surface area contributed by atoms with Crippen LogP contribution in [0.25, 0.3) is 16.9 Å². The van der Waals surface area contributed by atoms with E-state index in [2.05, 4.69) is 20.3 Å². The zero-order valence-electron chi connectivity index (χ0n) is 17.4. The highest BCUT2D eigenvalue weighted by molar-refractivity contribution is 6.30. The maximum absolute atomic E-state index is 13.2. The second-order valence-electron chi connectivity index (χ2n) is 7.93. The van der Waals surface area contributed by atoms with Gasteiger partial charge in [-0.1, -0.05) is 29.8 Å². The summed E-state index contributed by atoms with van der Waals surface area (Å²) in [7, 11) is 0. The van der Waals surface area contributed by atoms with Crippen LogP contribution >= 0.6 is 11.6 Å². The van der Waals surface area contributed by atoms with E-state index in [1.54, 1.807) is 40.6 Å². The number of pyridine rings is 1. The Balaban J connectivity index is 1.70. The van der Waals surface area contributed by atoms with Gasteiger partial charge < -0.3 is 10.4 Å². The van der Waals surface area contributed by atoms with Gasteiger partial charge in [-0.25, -0.2) is 19.3 Å². The Hall–Kier alpha value is -3.49. The fourth-order valence-electron chi connectivity index (χ4n) is 3.77. The van der Waals surface area contributed by atoms with Crippen LogP contribution in [0.5, 0.6) is 0 Å². The van der Waals surface area contributed by atoms with Gasteiger partial charge in [0, 0.05) is 16.9 Å². The van der Waals surface area contributed by atoms with Crippen molar-refractivity contribution in [2.75, 3.05) is 5.32 Å². The molecule has 0 spiro atoms. The molecular formula is C23H21ClN6O2. The van der Waals surface area contributed by atoms with E-state index in [0.717, 1.165) is 5.69 Å². The Morgan fingerprint density at radius 1 is 1.12 bits per heavy atom. The number of aliphatic hydroxyl groups is 1. The predicted molar refractivity (Wildman–Crippen MR) is 124 cm³/mol. The van der Waals surface area contributed by atoms with Crippen molar-refractivity contribution in [3.8, 4) is 5.82 Å². The molecule has 162 valence electrons. The summed E-state index contributed by atoms with van der Waals surface area (Å²) in [6, 6.07) is 12.6. The quantitative estimate of drug-likeness (QED) is 0.451. The number of rotatable bonds is 2. The Bertz CT molecular complexity index is 1390. The molecule has 2 bridgehead atoms. The van der Waals surface area contributed by atoms with Crippen molar-refractivity contribution >= 4 is 34.3 Å². The minimum atomic E-state index is -1.09. The van der Waals surface area contributed by atoms with Crippen LogP contribution in [0.1, 0.15) is 25.5 Å². The molecule has 8 nitrogen and oxygen atoms in total. The molecular weight excluding hydrogens is 428 g/mol. The number of hydrogen-bond donors (Lipinski definition) is 2. The van der Waals surface area contributed by atoms with Crippen LogP contribution in [0, 0.1) is 0 Å². The summed E-state index contributed by atoms with van der Waals surface area (Å²) in [4.78, 5) is 26.8. The van der Waals surface area contributed by atoms with Crippen molar-refractivity contribution in [2.45, 2.75) is 31.9 Å². The van der Waals surface area contributed by atoms with Gasteiger partial charge in [-0.15, -0.1) is 0 Å². The van der Waals surface area contributed by atoms with E-state index in [1.807, 2.05) is 30.4 Å². The lowest BCUT2D eigenvalue weighted by molar-refractivity contribution is 0.0443. The minimum Gasteiger partial charge on any atom is -0.384 e. The average molecular weight is 449 g/mol. The molecule has 0 saturated carbocycles. The van der Waals surface area contributed by atoms with Crippen molar-refractivity contribution in [1.29, 1.82) is 0 Å². The number of benzene rings is 1. The average Bonchev–Trinajstić information content (AvgIpc) is 3.05. The monoisotopic (exact) mass is 448 g/mol. The van der Waals surface area contributed by atoms with Gasteiger partial charge >= 0.3 is 0 Å². The summed E-state index contributed by atoms with van der Waals surface area (Å²) >= 11 is 5.96. The molecule has 1 aromatic carbocycles. The zero-order chi connectivity index (χ0) is 22.3. The predicted octanol–water partition coefficient (Wildman–Crippen LogP) is 3.93. The molecule has 5 rings (SSSR count). The van der Waals surface area contributed by atoms with Gasteiger partial charge in [0.2, 0.25) is 5.95 Å². The number of nitrogens with one attached hydrogen (secondary N) is 1. The molecule has 0 saturated heterocycles. The van der Waals surface area contributed by atoms with E-state index < -0.39 is 5.60 Å². The fraction of sp³-hybridized carbons (Fsp3) is 0.217. The third kappa shape index (κ3) is 3.68. The van der Waals surface area contributed by atoms with Crippen molar-refractivity contribution < 1.29 is 5.11 Å². The van der Waals surface area contributed by atoms with Crippen molar-refractivity contribution in [2.24, 2.45) is 0 Å². The molecule has 0 amide bonds. The Morgan fingerprint density at radius 3 is 2.75 bits per heavy atom. The van der Waals surface area contributed by atoms with E-state index >= 15 is 0 Å². The normalized spacial score (nSPS) is 19.2. The van der Waals surface area contributed by atoms with Crippen molar-refractivity contribution in [3.05, 3.63) is 81.9 Å². The molecule has 2 N–H and O–H groups in total. The molecule has 1 aliphatic rings. The number of hydrogen-bond acceptors (Lipinski definition) is 6. The van der Waals surface area contributed by atoms with Crippen LogP contribution in [0.2, 0.25) is 5.02 Å². The third-order valence-electron chi connectivity index (χ3n) is 5.52. The van der Waals surface area contributed by atoms with E-state index in [0.29, 0.717) is 52.9 Å². The summed E-state index contributed by atoms with van der Waals surface area (Å²) in [5.41, 5.74) is 0.445. The topological polar surface area (TPSA) is 97.9 Å². The van der Waals surface area contributed by atoms with Gasteiger partial charge in [-0.05, 0) is 56.2 Å². The van der Waals surface area contributed by atoms with Crippen LogP contribution < -0.4 is 10.9 Å². The lowest BCUT2D eigenvalue weighted by atomic mass is 9.95. The highest BCUT2D eigenvalue weighted by atomic mass is 35.5. The number of anilines is 2. The first-order chi connectivity index (χ1) is 15.4. The molecule has 4 aromatic rings. The minimum absolute atomic E-state index is 0.207. The molecule has 0 radical (unpaired) electrons. The van der Waals surface area contributed by atoms with Gasteiger partial charge in [0.05, 0.1) is 12.2 Å². The van der Waals surface area contributed by atoms with Gasteiger partial charge in [-0.2, -0.15) is 4.98 Å². The summed E-state index contributed by atoms with van der Waals surface area (Å²) in [6.45, 7) is 2.10. The van der Waals surface area contributed by atoms with Crippen LogP contribution in [0.15, 0.2) is 65.6 Å². The fourth-order valence-corrected chi connectivity index (χ4v) is 3.90. The van der Waals surface area contributed by atoms with E-state index in [4.69, 9.17) is 11.6 Å². The first-order valence-electron chi connectivity index (χ1n) is 10.3. The van der Waals surface area contributed by atoms with E-state index in [-0.39, 0.29) is 5.56 Å². The molecule has 1 aliphatic heterocycles. The lowest BCUT2D eigenvalue weighted by Gasteiger charge is -2.22. The van der Waals surface area contributed by atoms with Crippen LogP contribution in [-0.2, 0) is 12.1 Å². The summed E-state index contributed by atoms with van der Waals surface area (Å²) in [6.07, 6.45) is 6.60. The van der Waals surface area contributed by atoms with E-state index in [9.17, 15) is 9.90 Å². The van der Waals surface area contributed by atoms with Crippen molar-refractivity contribution in [1.82, 2.24) is 24.3 Å². The maximum atomic E-state index is 13.2. The largest absolute Gasteiger partial charge is 0.384 e. The number of halogens is 1. The highest BCUT2D eigenvalue weighted by Gasteiger charge is 2.26. The Kier molecular flexibility index (Phi) is 5.03. The first-order valence-corrected chi connectivity index (χ1v) is 10.7. The third-order valence-corrected chi connectivity index (χ3v) is 5.77. The number of fused-ring (bicyclic) bond motifs is 6. The van der Waals surface area contributed by atoms with Gasteiger partial charge in [0.25, 0.3) is 5.56 Å². The second-order valence-corrected chi connectivity index (χ2v) is 8.36. The molecule has 0 unspecified atom stereocenters. The standard InChI is InChI=1S/C23H21ClN6O2/c1-23(32)12-3-2-4-13-29-21(31)17-14-25-22(26-16-10-8-15(24)9-11-16)28-20(17)30(29)19-7-5-6-18(23)27-19/h2,4-11,14,32H,3,12-13H2,1H3,(H,25,26,28)/b4-2-/t23-/m1/s1. The summed E-state index contributed by atoms with van der Waals surface area (Å²) in [5, 5.41) is 15.1. The molecule has 3 aromatic heterocycles. The van der Waals surface area contributed by atoms with Crippen LogP contribution in [0.3, 0.4) is 0 Å². The number of allylic oxidation sites excluding steroid dienone is 2. The molecule has 0 fully saturated rings. The number of aromatic nitrogens is 5. The zero-order valence-corrected chi connectivity index (χ0v) is 18.1. The SMILES string of the molecule is C[C@@]1(O)CC/C=C\Cn2c(=O)c3cnc(Nc4ccc(Cl)cc4)nc3n2-c2cccc1n2. The van der Waals surface area contributed by atoms with Crippen LogP contribution in [-0.4, -0.2) is 29.4 Å². The highest BCUT2D eigenvalue weighted by Crippen LogP contribution is 2.27. The molecule has 4 heterocycles. The molecule has 32 heavy (non-hydrogen) atoms. The Morgan fingerprint density at radius 2 is 1.94 bits per heavy atom. The number of nitrogens with zero attached hydrogens (tertiary/aromatic N) is 5. The van der Waals surface area contributed by atoms with Gasteiger partial charge in [-0.3, -0.25) is 4.79 Å². The second kappa shape index (κ2) is 7.89. The van der Waals surface area contributed by atoms with E-state index in [1.165, 1.54) is 6.20 Å². The summed E-state index contributed by atoms with van der Waals surface area (Å²) in [5.74, 6) is 0.843. The Labute approximate surface area is 188 Å². The first kappa shape index (κ1) is 20.4. The molecule has 1 atom stereocenters. The van der Waals surface area contributed by atoms with Gasteiger partial charge in [0.1, 0.15) is 11.0 Å². The molecule has 0 aliphatic carbocycles.